The SMILES string of the molecule is COc1ccccc1CCN(CCC(=O)O)C(=O)c1ccccc1-c1ccccc1C(=O)NCc1ccc(Cl)cc1. The molecular formula is C33H31ClN2O5. The molecule has 2 N–H and O–H groups in total. The topological polar surface area (TPSA) is 95.9 Å². The third-order valence-electron chi connectivity index (χ3n) is 6.71. The Kier molecular flexibility index (Phi) is 10.1. The summed E-state index contributed by atoms with van der Waals surface area (Å²) in [6.07, 6.45) is 0.296. The first-order valence-electron chi connectivity index (χ1n) is 13.2. The number of methoxy groups -OCH3 is 1. The van der Waals surface area contributed by atoms with Crippen LogP contribution in [0.25, 0.3) is 11.1 Å². The first kappa shape index (κ1) is 29.4. The number of para-hydroxylation sites is 1. The zero-order valence-corrected chi connectivity index (χ0v) is 23.4. The number of carboxylic acid groups (broad SMARTS) is 1. The Bertz CT molecular complexity index is 1520. The lowest BCUT2D eigenvalue weighted by atomic mass is 9.94. The van der Waals surface area contributed by atoms with E-state index in [1.165, 1.54) is 0 Å². The predicted molar refractivity (Wildman–Crippen MR) is 159 cm³/mol. The molecule has 41 heavy (non-hydrogen) atoms. The molecule has 0 unspecified atom stereocenters. The highest BCUT2D eigenvalue weighted by Crippen LogP contribution is 2.29. The van der Waals surface area contributed by atoms with Crippen molar-refractivity contribution in [3.63, 3.8) is 0 Å². The van der Waals surface area contributed by atoms with Gasteiger partial charge in [-0.1, -0.05) is 78.3 Å². The lowest BCUT2D eigenvalue weighted by molar-refractivity contribution is -0.137. The summed E-state index contributed by atoms with van der Waals surface area (Å²) in [5.41, 5.74) is 3.82. The van der Waals surface area contributed by atoms with Crippen LogP contribution in [-0.2, 0) is 17.8 Å². The minimum atomic E-state index is -0.990. The Labute approximate surface area is 244 Å². The normalized spacial score (nSPS) is 10.6. The minimum Gasteiger partial charge on any atom is -0.496 e. The molecule has 0 spiro atoms. The highest BCUT2D eigenvalue weighted by atomic mass is 35.5. The number of hydrogen-bond acceptors (Lipinski definition) is 4. The second-order valence-electron chi connectivity index (χ2n) is 9.40. The van der Waals surface area contributed by atoms with Crippen LogP contribution < -0.4 is 10.1 Å². The number of nitrogens with zero attached hydrogens (tertiary/aromatic N) is 1. The number of carboxylic acids is 1. The van der Waals surface area contributed by atoms with Crippen molar-refractivity contribution >= 4 is 29.4 Å². The van der Waals surface area contributed by atoms with Crippen molar-refractivity contribution in [2.24, 2.45) is 0 Å². The lowest BCUT2D eigenvalue weighted by Crippen LogP contribution is -2.35. The third kappa shape index (κ3) is 7.74. The van der Waals surface area contributed by atoms with Crippen molar-refractivity contribution < 1.29 is 24.2 Å². The van der Waals surface area contributed by atoms with Crippen LogP contribution in [0, 0.1) is 0 Å². The molecule has 8 heteroatoms. The highest BCUT2D eigenvalue weighted by Gasteiger charge is 2.23. The number of halogens is 1. The van der Waals surface area contributed by atoms with Crippen molar-refractivity contribution in [3.8, 4) is 16.9 Å². The van der Waals surface area contributed by atoms with Gasteiger partial charge in [-0.3, -0.25) is 14.4 Å². The van der Waals surface area contributed by atoms with E-state index in [-0.39, 0.29) is 24.8 Å². The molecule has 0 bridgehead atoms. The molecule has 210 valence electrons. The Morgan fingerprint density at radius 1 is 0.805 bits per heavy atom. The molecule has 0 aliphatic rings. The van der Waals surface area contributed by atoms with Gasteiger partial charge in [0.2, 0.25) is 0 Å². The maximum atomic E-state index is 13.9. The smallest absolute Gasteiger partial charge is 0.305 e. The summed E-state index contributed by atoms with van der Waals surface area (Å²) in [4.78, 5) is 40.2. The van der Waals surface area contributed by atoms with Gasteiger partial charge in [-0.2, -0.15) is 0 Å². The molecule has 4 aromatic rings. The third-order valence-corrected chi connectivity index (χ3v) is 6.96. The average molecular weight is 571 g/mol. The standard InChI is InChI=1S/C33H31ClN2O5/c1-41-30-13-7-2-8-24(30)18-20-36(21-19-31(37)38)33(40)29-12-6-4-10-27(29)26-9-3-5-11-28(26)32(39)35-22-23-14-16-25(34)17-15-23/h2-17H,18-22H2,1H3,(H,35,39)(H,37,38). The second-order valence-corrected chi connectivity index (χ2v) is 9.83. The van der Waals surface area contributed by atoms with Crippen molar-refractivity contribution in [2.45, 2.75) is 19.4 Å². The summed E-state index contributed by atoms with van der Waals surface area (Å²) in [6.45, 7) is 0.655. The Hall–Kier alpha value is -4.62. The van der Waals surface area contributed by atoms with Crippen LogP contribution in [0.2, 0.25) is 5.02 Å². The van der Waals surface area contributed by atoms with E-state index in [1.54, 1.807) is 60.5 Å². The number of rotatable bonds is 12. The van der Waals surface area contributed by atoms with Gasteiger partial charge in [-0.05, 0) is 59.0 Å². The van der Waals surface area contributed by atoms with E-state index in [0.717, 1.165) is 11.1 Å². The van der Waals surface area contributed by atoms with Crippen molar-refractivity contribution in [3.05, 3.63) is 124 Å². The molecule has 4 rings (SSSR count). The van der Waals surface area contributed by atoms with Gasteiger partial charge >= 0.3 is 5.97 Å². The quantitative estimate of drug-likeness (QED) is 0.214. The Morgan fingerprint density at radius 3 is 2.10 bits per heavy atom. The van der Waals surface area contributed by atoms with Crippen LogP contribution in [0.5, 0.6) is 5.75 Å². The number of ether oxygens (including phenoxy) is 1. The van der Waals surface area contributed by atoms with Gasteiger partial charge in [0.1, 0.15) is 5.75 Å². The fourth-order valence-corrected chi connectivity index (χ4v) is 4.71. The molecule has 0 heterocycles. The van der Waals surface area contributed by atoms with Crippen molar-refractivity contribution in [1.82, 2.24) is 10.2 Å². The van der Waals surface area contributed by atoms with E-state index in [0.29, 0.717) is 52.5 Å². The molecule has 0 aliphatic heterocycles. The Morgan fingerprint density at radius 2 is 1.41 bits per heavy atom. The summed E-state index contributed by atoms with van der Waals surface area (Å²) in [6, 6.07) is 29.0. The van der Waals surface area contributed by atoms with E-state index in [9.17, 15) is 19.5 Å². The monoisotopic (exact) mass is 570 g/mol. The van der Waals surface area contributed by atoms with Gasteiger partial charge in [-0.25, -0.2) is 0 Å². The molecule has 0 fully saturated rings. The molecule has 7 nitrogen and oxygen atoms in total. The van der Waals surface area contributed by atoms with Crippen LogP contribution in [0.3, 0.4) is 0 Å². The molecule has 0 saturated heterocycles. The Balaban J connectivity index is 1.61. The summed E-state index contributed by atoms with van der Waals surface area (Å²) >= 11 is 5.97. The maximum Gasteiger partial charge on any atom is 0.305 e. The number of hydrogen-bond donors (Lipinski definition) is 2. The van der Waals surface area contributed by atoms with Crippen LogP contribution in [-0.4, -0.2) is 48.0 Å². The van der Waals surface area contributed by atoms with Gasteiger partial charge in [0.25, 0.3) is 11.8 Å². The van der Waals surface area contributed by atoms with Crippen LogP contribution in [0.15, 0.2) is 97.1 Å². The average Bonchev–Trinajstić information content (AvgIpc) is 3.00. The zero-order chi connectivity index (χ0) is 29.2. The first-order valence-corrected chi connectivity index (χ1v) is 13.6. The summed E-state index contributed by atoms with van der Waals surface area (Å²) < 4.78 is 5.45. The van der Waals surface area contributed by atoms with Crippen molar-refractivity contribution in [2.75, 3.05) is 20.2 Å². The highest BCUT2D eigenvalue weighted by molar-refractivity contribution is 6.30. The number of carbonyl (C=O) groups excluding carboxylic acids is 2. The van der Waals surface area contributed by atoms with Gasteiger partial charge in [-0.15, -0.1) is 0 Å². The van der Waals surface area contributed by atoms with Crippen molar-refractivity contribution in [1.29, 1.82) is 0 Å². The van der Waals surface area contributed by atoms with E-state index in [1.807, 2.05) is 48.5 Å². The number of nitrogens with one attached hydrogen (secondary N) is 1. The van der Waals surface area contributed by atoms with Gasteiger partial charge in [0.05, 0.1) is 13.5 Å². The van der Waals surface area contributed by atoms with Crippen LogP contribution in [0.4, 0.5) is 0 Å². The van der Waals surface area contributed by atoms with E-state index in [4.69, 9.17) is 16.3 Å². The molecule has 0 atom stereocenters. The molecule has 0 saturated carbocycles. The number of aliphatic carboxylic acids is 1. The second kappa shape index (κ2) is 14.1. The van der Waals surface area contributed by atoms with Crippen LogP contribution in [0.1, 0.15) is 38.3 Å². The molecule has 4 aromatic carbocycles. The summed E-state index contributed by atoms with van der Waals surface area (Å²) in [5.74, 6) is -0.877. The molecule has 0 aromatic heterocycles. The predicted octanol–water partition coefficient (Wildman–Crippen LogP) is 6.11. The first-order chi connectivity index (χ1) is 19.9. The summed E-state index contributed by atoms with van der Waals surface area (Å²) in [7, 11) is 1.59. The van der Waals surface area contributed by atoms with Gasteiger partial charge < -0.3 is 20.1 Å². The summed E-state index contributed by atoms with van der Waals surface area (Å²) in [5, 5.41) is 12.9. The van der Waals surface area contributed by atoms with Crippen LogP contribution >= 0.6 is 11.6 Å². The number of carbonyl (C=O) groups is 3. The largest absolute Gasteiger partial charge is 0.496 e. The minimum absolute atomic E-state index is 0.0425. The molecular weight excluding hydrogens is 540 g/mol. The molecule has 0 radical (unpaired) electrons. The fourth-order valence-electron chi connectivity index (χ4n) is 4.58. The number of amides is 2. The van der Waals surface area contributed by atoms with Gasteiger partial charge in [0.15, 0.2) is 0 Å². The van der Waals surface area contributed by atoms with E-state index < -0.39 is 5.97 Å². The van der Waals surface area contributed by atoms with Gasteiger partial charge in [0, 0.05) is 35.8 Å². The maximum absolute atomic E-state index is 13.9. The molecule has 2 amide bonds. The molecule has 0 aliphatic carbocycles. The fraction of sp³-hybridized carbons (Fsp3) is 0.182. The zero-order valence-electron chi connectivity index (χ0n) is 22.7. The number of benzene rings is 4. The lowest BCUT2D eigenvalue weighted by Gasteiger charge is -2.24. The van der Waals surface area contributed by atoms with E-state index >= 15 is 0 Å². The van der Waals surface area contributed by atoms with E-state index in [2.05, 4.69) is 5.32 Å².